The fraction of sp³-hybridized carbons (Fsp3) is 0.240. The van der Waals surface area contributed by atoms with Crippen LogP contribution in [0.3, 0.4) is 0 Å². The van der Waals surface area contributed by atoms with Crippen LogP contribution in [-0.4, -0.2) is 24.8 Å². The molecule has 1 aliphatic heterocycles. The van der Waals surface area contributed by atoms with Gasteiger partial charge in [0.2, 0.25) is 5.78 Å². The van der Waals surface area contributed by atoms with Crippen LogP contribution in [-0.2, 0) is 23.5 Å². The van der Waals surface area contributed by atoms with Gasteiger partial charge in [-0.3, -0.25) is 4.79 Å². The summed E-state index contributed by atoms with van der Waals surface area (Å²) in [6.07, 6.45) is 0.656. The third-order valence-electron chi connectivity index (χ3n) is 6.09. The van der Waals surface area contributed by atoms with Gasteiger partial charge < -0.3 is 4.74 Å². The minimum atomic E-state index is -0.349. The Balaban J connectivity index is 1.62. The van der Waals surface area contributed by atoms with Crippen LogP contribution in [0, 0.1) is 0 Å². The highest BCUT2D eigenvalue weighted by Gasteiger charge is 2.32. The van der Waals surface area contributed by atoms with Crippen LogP contribution in [0.5, 0.6) is 0 Å². The van der Waals surface area contributed by atoms with E-state index in [-0.39, 0.29) is 11.2 Å². The van der Waals surface area contributed by atoms with Gasteiger partial charge in [0.1, 0.15) is 4.83 Å². The second kappa shape index (κ2) is 8.64. The summed E-state index contributed by atoms with van der Waals surface area (Å²) in [6, 6.07) is 15.0. The van der Waals surface area contributed by atoms with Crippen molar-refractivity contribution < 1.29 is 4.74 Å². The van der Waals surface area contributed by atoms with Crippen LogP contribution < -0.4 is 5.56 Å². The largest absolute Gasteiger partial charge is 0.370 e. The Hall–Kier alpha value is -2.36. The van der Waals surface area contributed by atoms with Crippen LogP contribution in [0.25, 0.3) is 21.7 Å². The normalized spacial score (nSPS) is 15.1. The van der Waals surface area contributed by atoms with Crippen LogP contribution >= 0.6 is 46.3 Å². The number of nitrogens with zero attached hydrogens (tertiary/aromatic N) is 4. The predicted octanol–water partition coefficient (Wildman–Crippen LogP) is 6.55. The molecule has 6 nitrogen and oxygen atoms in total. The van der Waals surface area contributed by atoms with Crippen LogP contribution in [0.2, 0.25) is 10.0 Å². The third kappa shape index (κ3) is 3.97. The zero-order valence-corrected chi connectivity index (χ0v) is 22.1. The fourth-order valence-corrected chi connectivity index (χ4v) is 7.09. The molecule has 4 heterocycles. The summed E-state index contributed by atoms with van der Waals surface area (Å²) < 4.78 is 9.65. The summed E-state index contributed by atoms with van der Waals surface area (Å²) in [5.41, 5.74) is 2.23. The van der Waals surface area contributed by atoms with E-state index in [1.807, 2.05) is 40.8 Å². The molecule has 0 amide bonds. The van der Waals surface area contributed by atoms with Gasteiger partial charge in [0.05, 0.1) is 23.3 Å². The molecular formula is C25H20Cl2N4O2S2. The average molecular weight is 544 g/mol. The molecule has 35 heavy (non-hydrogen) atoms. The van der Waals surface area contributed by atoms with Crippen molar-refractivity contribution in [2.45, 2.75) is 43.4 Å². The Bertz CT molecular complexity index is 1670. The number of thiophene rings is 1. The van der Waals surface area contributed by atoms with Crippen molar-refractivity contribution in [3.8, 4) is 5.69 Å². The lowest BCUT2D eigenvalue weighted by Gasteiger charge is -2.29. The maximum Gasteiger partial charge on any atom is 0.268 e. The third-order valence-corrected chi connectivity index (χ3v) is 8.86. The summed E-state index contributed by atoms with van der Waals surface area (Å²) in [5.74, 6) is 1.07. The second-order valence-electron chi connectivity index (χ2n) is 9.03. The first-order chi connectivity index (χ1) is 16.8. The van der Waals surface area contributed by atoms with Crippen molar-refractivity contribution in [3.63, 3.8) is 0 Å². The second-order valence-corrected chi connectivity index (χ2v) is 11.9. The zero-order valence-electron chi connectivity index (χ0n) is 18.9. The van der Waals surface area contributed by atoms with Crippen molar-refractivity contribution >= 4 is 62.3 Å². The van der Waals surface area contributed by atoms with Gasteiger partial charge in [-0.05, 0) is 49.2 Å². The Morgan fingerprint density at radius 1 is 1.14 bits per heavy atom. The molecule has 10 heteroatoms. The van der Waals surface area contributed by atoms with Gasteiger partial charge in [0, 0.05) is 27.1 Å². The molecular weight excluding hydrogens is 523 g/mol. The Morgan fingerprint density at radius 2 is 1.97 bits per heavy atom. The van der Waals surface area contributed by atoms with Gasteiger partial charge in [-0.25, -0.2) is 8.97 Å². The van der Waals surface area contributed by atoms with E-state index in [0.717, 1.165) is 20.8 Å². The number of ether oxygens (including phenoxy) is 1. The highest BCUT2D eigenvalue weighted by Crippen LogP contribution is 2.39. The summed E-state index contributed by atoms with van der Waals surface area (Å²) >= 11 is 15.8. The van der Waals surface area contributed by atoms with Gasteiger partial charge in [-0.15, -0.1) is 21.5 Å². The molecule has 0 fully saturated rings. The topological polar surface area (TPSA) is 61.4 Å². The summed E-state index contributed by atoms with van der Waals surface area (Å²) in [6.45, 7) is 4.58. The monoisotopic (exact) mass is 542 g/mol. The zero-order chi connectivity index (χ0) is 24.3. The first-order valence-corrected chi connectivity index (χ1v) is 13.6. The van der Waals surface area contributed by atoms with Crippen molar-refractivity contribution in [1.82, 2.24) is 19.2 Å². The summed E-state index contributed by atoms with van der Waals surface area (Å²) in [4.78, 5) is 15.9. The molecule has 0 saturated carbocycles. The van der Waals surface area contributed by atoms with E-state index in [4.69, 9.17) is 27.9 Å². The fourth-order valence-electron chi connectivity index (χ4n) is 4.40. The first kappa shape index (κ1) is 23.1. The molecule has 0 saturated heterocycles. The van der Waals surface area contributed by atoms with E-state index in [1.54, 1.807) is 28.0 Å². The molecule has 0 radical (unpaired) electrons. The summed E-state index contributed by atoms with van der Waals surface area (Å²) in [7, 11) is 0. The van der Waals surface area contributed by atoms with Crippen LogP contribution in [0.15, 0.2) is 58.5 Å². The highest BCUT2D eigenvalue weighted by atomic mass is 35.5. The standard InChI is InChI=1S/C25H20Cl2N4O2S2/c1-25(2)11-17-19(12-33-25)35-22-20(17)21(32)30(16-8-5-7-15(26)10-16)23-28-29-24(31(22)23)34-13-14-6-3-4-9-18(14)27/h3-10H,11-13H2,1-2H3. The van der Waals surface area contributed by atoms with E-state index in [0.29, 0.717) is 50.8 Å². The highest BCUT2D eigenvalue weighted by molar-refractivity contribution is 7.98. The Kier molecular flexibility index (Phi) is 5.69. The van der Waals surface area contributed by atoms with Crippen molar-refractivity contribution in [3.05, 3.63) is 84.9 Å². The molecule has 0 aliphatic carbocycles. The lowest BCUT2D eigenvalue weighted by Crippen LogP contribution is -2.32. The van der Waals surface area contributed by atoms with Crippen molar-refractivity contribution in [1.29, 1.82) is 0 Å². The Labute approximate surface area is 219 Å². The lowest BCUT2D eigenvalue weighted by molar-refractivity contribution is -0.0379. The van der Waals surface area contributed by atoms with Gasteiger partial charge in [0.15, 0.2) is 5.16 Å². The smallest absolute Gasteiger partial charge is 0.268 e. The van der Waals surface area contributed by atoms with Gasteiger partial charge in [0.25, 0.3) is 5.56 Å². The molecule has 0 spiro atoms. The van der Waals surface area contributed by atoms with E-state index < -0.39 is 0 Å². The molecule has 0 unspecified atom stereocenters. The van der Waals surface area contributed by atoms with Crippen molar-refractivity contribution in [2.75, 3.05) is 0 Å². The maximum absolute atomic E-state index is 14.0. The number of rotatable bonds is 4. The van der Waals surface area contributed by atoms with E-state index in [2.05, 4.69) is 24.0 Å². The molecule has 178 valence electrons. The van der Waals surface area contributed by atoms with Gasteiger partial charge in [-0.2, -0.15) is 0 Å². The first-order valence-electron chi connectivity index (χ1n) is 11.0. The number of fused-ring (bicyclic) bond motifs is 5. The number of hydrogen-bond acceptors (Lipinski definition) is 6. The predicted molar refractivity (Wildman–Crippen MR) is 143 cm³/mol. The number of aromatic nitrogens is 4. The number of thioether (sulfide) groups is 1. The number of benzene rings is 2. The molecule has 5 aromatic rings. The molecule has 0 bridgehead atoms. The molecule has 2 aromatic carbocycles. The minimum absolute atomic E-state index is 0.125. The molecule has 1 aliphatic rings. The van der Waals surface area contributed by atoms with Crippen molar-refractivity contribution in [2.24, 2.45) is 0 Å². The summed E-state index contributed by atoms with van der Waals surface area (Å²) in [5, 5.41) is 11.6. The van der Waals surface area contributed by atoms with Gasteiger partial charge >= 0.3 is 0 Å². The quantitative estimate of drug-likeness (QED) is 0.241. The number of hydrogen-bond donors (Lipinski definition) is 0. The SMILES string of the molecule is CC1(C)Cc2c(sc3c2c(=O)n(-c2cccc(Cl)c2)c2nnc(SCc4ccccc4Cl)n32)CO1. The molecule has 0 atom stereocenters. The van der Waals surface area contributed by atoms with E-state index in [1.165, 1.54) is 11.8 Å². The van der Waals surface area contributed by atoms with E-state index in [9.17, 15) is 4.79 Å². The molecule has 6 rings (SSSR count). The van der Waals surface area contributed by atoms with Crippen LogP contribution in [0.1, 0.15) is 29.9 Å². The molecule has 0 N–H and O–H groups in total. The van der Waals surface area contributed by atoms with E-state index >= 15 is 0 Å². The lowest BCUT2D eigenvalue weighted by atomic mass is 9.94. The average Bonchev–Trinajstić information content (AvgIpc) is 3.39. The maximum atomic E-state index is 14.0. The molecule has 3 aromatic heterocycles. The minimum Gasteiger partial charge on any atom is -0.370 e. The Morgan fingerprint density at radius 3 is 2.77 bits per heavy atom. The van der Waals surface area contributed by atoms with Crippen LogP contribution in [0.4, 0.5) is 0 Å². The number of halogens is 2. The van der Waals surface area contributed by atoms with Gasteiger partial charge in [-0.1, -0.05) is 59.2 Å².